The molecule has 1 aromatic heterocycles. The first-order valence-electron chi connectivity index (χ1n) is 9.34. The van der Waals surface area contributed by atoms with E-state index in [1.807, 2.05) is 30.3 Å². The van der Waals surface area contributed by atoms with Crippen LogP contribution in [0.4, 0.5) is 11.4 Å². The topological polar surface area (TPSA) is 63.2 Å². The van der Waals surface area contributed by atoms with Crippen molar-refractivity contribution < 1.29 is 9.53 Å². The van der Waals surface area contributed by atoms with Gasteiger partial charge in [-0.05, 0) is 42.7 Å². The van der Waals surface area contributed by atoms with Gasteiger partial charge < -0.3 is 15.4 Å². The van der Waals surface area contributed by atoms with Gasteiger partial charge >= 0.3 is 0 Å². The molecule has 0 aliphatic carbocycles. The van der Waals surface area contributed by atoms with Crippen LogP contribution in [0.3, 0.4) is 0 Å². The fourth-order valence-corrected chi connectivity index (χ4v) is 3.06. The van der Waals surface area contributed by atoms with Crippen molar-refractivity contribution in [3.8, 4) is 5.75 Å². The number of aromatic nitrogens is 1. The zero-order chi connectivity index (χ0) is 19.9. The minimum Gasteiger partial charge on any atom is -0.496 e. The molecule has 3 rings (SSSR count). The number of hydrogen-bond acceptors (Lipinski definition) is 4. The van der Waals surface area contributed by atoms with E-state index in [9.17, 15) is 4.79 Å². The first-order chi connectivity index (χ1) is 13.6. The number of carbonyl (C=O) groups excluding carboxylic acids is 1. The van der Waals surface area contributed by atoms with Gasteiger partial charge in [0.05, 0.1) is 19.0 Å². The number of nitrogens with one attached hydrogen (secondary N) is 2. The Labute approximate surface area is 165 Å². The molecular weight excluding hydrogens is 350 g/mol. The third-order valence-electron chi connectivity index (χ3n) is 4.64. The van der Waals surface area contributed by atoms with Crippen LogP contribution in [0.1, 0.15) is 34.1 Å². The Morgan fingerprint density at radius 2 is 1.82 bits per heavy atom. The third-order valence-corrected chi connectivity index (χ3v) is 4.64. The molecule has 5 nitrogen and oxygen atoms in total. The zero-order valence-corrected chi connectivity index (χ0v) is 16.5. The number of carbonyl (C=O) groups is 1. The van der Waals surface area contributed by atoms with Crippen LogP contribution in [0.5, 0.6) is 5.75 Å². The van der Waals surface area contributed by atoms with E-state index < -0.39 is 0 Å². The molecule has 5 heteroatoms. The quantitative estimate of drug-likeness (QED) is 0.632. The maximum Gasteiger partial charge on any atom is 0.270 e. The molecule has 0 unspecified atom stereocenters. The molecular formula is C23H25N3O2. The highest BCUT2D eigenvalue weighted by Crippen LogP contribution is 2.25. The number of para-hydroxylation sites is 2. The lowest BCUT2D eigenvalue weighted by molar-refractivity contribution is 0.0945. The van der Waals surface area contributed by atoms with Gasteiger partial charge in [-0.15, -0.1) is 0 Å². The highest BCUT2D eigenvalue weighted by molar-refractivity contribution is 5.92. The second-order valence-corrected chi connectivity index (χ2v) is 6.51. The lowest BCUT2D eigenvalue weighted by atomic mass is 10.1. The van der Waals surface area contributed by atoms with Crippen molar-refractivity contribution in [2.45, 2.75) is 26.8 Å². The molecule has 0 aliphatic rings. The molecule has 1 heterocycles. The molecule has 1 amide bonds. The normalized spacial score (nSPS) is 10.4. The van der Waals surface area contributed by atoms with Gasteiger partial charge in [-0.25, -0.2) is 4.98 Å². The van der Waals surface area contributed by atoms with Gasteiger partial charge in [0.25, 0.3) is 5.91 Å². The average Bonchev–Trinajstić information content (AvgIpc) is 2.74. The second-order valence-electron chi connectivity index (χ2n) is 6.51. The Kier molecular flexibility index (Phi) is 6.27. The fourth-order valence-electron chi connectivity index (χ4n) is 3.06. The van der Waals surface area contributed by atoms with Gasteiger partial charge in [0.15, 0.2) is 0 Å². The summed E-state index contributed by atoms with van der Waals surface area (Å²) < 4.78 is 5.31. The maximum absolute atomic E-state index is 12.4. The number of methoxy groups -OCH3 is 1. The van der Waals surface area contributed by atoms with Gasteiger partial charge in [-0.1, -0.05) is 43.3 Å². The van der Waals surface area contributed by atoms with Crippen molar-refractivity contribution in [2.24, 2.45) is 0 Å². The van der Waals surface area contributed by atoms with Crippen LogP contribution in [0.15, 0.2) is 60.8 Å². The van der Waals surface area contributed by atoms with E-state index in [-0.39, 0.29) is 5.91 Å². The van der Waals surface area contributed by atoms with Crippen molar-refractivity contribution in [3.63, 3.8) is 0 Å². The van der Waals surface area contributed by atoms with E-state index in [1.54, 1.807) is 19.4 Å². The summed E-state index contributed by atoms with van der Waals surface area (Å²) in [4.78, 5) is 16.7. The van der Waals surface area contributed by atoms with E-state index in [0.29, 0.717) is 12.2 Å². The van der Waals surface area contributed by atoms with Crippen molar-refractivity contribution in [2.75, 3.05) is 12.4 Å². The number of nitrogens with zero attached hydrogens (tertiary/aromatic N) is 1. The smallest absolute Gasteiger partial charge is 0.270 e. The summed E-state index contributed by atoms with van der Waals surface area (Å²) in [6.45, 7) is 4.59. The molecule has 0 saturated heterocycles. The third kappa shape index (κ3) is 4.49. The van der Waals surface area contributed by atoms with Crippen LogP contribution in [-0.2, 0) is 13.0 Å². The molecule has 2 N–H and O–H groups in total. The highest BCUT2D eigenvalue weighted by atomic mass is 16.5. The predicted molar refractivity (Wildman–Crippen MR) is 112 cm³/mol. The average molecular weight is 375 g/mol. The molecule has 0 saturated carbocycles. The first-order valence-corrected chi connectivity index (χ1v) is 9.34. The van der Waals surface area contributed by atoms with E-state index in [2.05, 4.69) is 47.7 Å². The molecule has 0 bridgehead atoms. The molecule has 0 spiro atoms. The molecule has 2 aromatic carbocycles. The molecule has 0 atom stereocenters. The lowest BCUT2D eigenvalue weighted by Crippen LogP contribution is -2.24. The van der Waals surface area contributed by atoms with E-state index in [1.165, 1.54) is 11.1 Å². The van der Waals surface area contributed by atoms with Crippen LogP contribution < -0.4 is 15.4 Å². The summed E-state index contributed by atoms with van der Waals surface area (Å²) >= 11 is 0. The summed E-state index contributed by atoms with van der Waals surface area (Å²) in [5.41, 5.74) is 5.67. The fraction of sp³-hybridized carbons (Fsp3) is 0.217. The van der Waals surface area contributed by atoms with E-state index in [4.69, 9.17) is 4.74 Å². The summed E-state index contributed by atoms with van der Waals surface area (Å²) in [5.74, 6) is 0.530. The molecule has 0 fully saturated rings. The van der Waals surface area contributed by atoms with Crippen LogP contribution in [0, 0.1) is 6.92 Å². The first kappa shape index (κ1) is 19.4. The van der Waals surface area contributed by atoms with Crippen LogP contribution in [-0.4, -0.2) is 18.0 Å². The van der Waals surface area contributed by atoms with Gasteiger partial charge in [0, 0.05) is 17.8 Å². The standard InChI is InChI=1S/C23H25N3O2/c1-4-17-10-7-8-16(2)22(17)26-19-12-13-20(24-15-19)23(27)25-14-18-9-5-6-11-21(18)28-3/h5-13,15,26H,4,14H2,1-3H3,(H,25,27). The Balaban J connectivity index is 1.66. The largest absolute Gasteiger partial charge is 0.496 e. The summed E-state index contributed by atoms with van der Waals surface area (Å²) in [5, 5.41) is 6.30. The number of hydrogen-bond donors (Lipinski definition) is 2. The number of rotatable bonds is 7. The van der Waals surface area contributed by atoms with E-state index >= 15 is 0 Å². The van der Waals surface area contributed by atoms with Crippen LogP contribution in [0.2, 0.25) is 0 Å². The monoisotopic (exact) mass is 375 g/mol. The number of pyridine rings is 1. The molecule has 28 heavy (non-hydrogen) atoms. The minimum atomic E-state index is -0.220. The zero-order valence-electron chi connectivity index (χ0n) is 16.5. The Bertz CT molecular complexity index is 952. The van der Waals surface area contributed by atoms with E-state index in [0.717, 1.165) is 29.1 Å². The Hall–Kier alpha value is -3.34. The Morgan fingerprint density at radius 1 is 1.04 bits per heavy atom. The Morgan fingerprint density at radius 3 is 2.54 bits per heavy atom. The molecule has 144 valence electrons. The minimum absolute atomic E-state index is 0.220. The summed E-state index contributed by atoms with van der Waals surface area (Å²) in [6, 6.07) is 17.5. The predicted octanol–water partition coefficient (Wildman–Crippen LogP) is 4.63. The molecule has 0 aliphatic heterocycles. The van der Waals surface area contributed by atoms with Crippen molar-refractivity contribution in [3.05, 3.63) is 83.2 Å². The number of ether oxygens (including phenoxy) is 1. The summed E-state index contributed by atoms with van der Waals surface area (Å²) in [7, 11) is 1.62. The van der Waals surface area contributed by atoms with Gasteiger partial charge in [-0.2, -0.15) is 0 Å². The molecule has 0 radical (unpaired) electrons. The molecule has 3 aromatic rings. The second kappa shape index (κ2) is 9.04. The van der Waals surface area contributed by atoms with Crippen LogP contribution >= 0.6 is 0 Å². The van der Waals surface area contributed by atoms with Crippen molar-refractivity contribution >= 4 is 17.3 Å². The van der Waals surface area contributed by atoms with Crippen molar-refractivity contribution in [1.29, 1.82) is 0 Å². The van der Waals surface area contributed by atoms with Crippen molar-refractivity contribution in [1.82, 2.24) is 10.3 Å². The number of anilines is 2. The highest BCUT2D eigenvalue weighted by Gasteiger charge is 2.10. The lowest BCUT2D eigenvalue weighted by Gasteiger charge is -2.14. The number of aryl methyl sites for hydroxylation is 2. The summed E-state index contributed by atoms with van der Waals surface area (Å²) in [6.07, 6.45) is 2.63. The van der Waals surface area contributed by atoms with Gasteiger partial charge in [-0.3, -0.25) is 4.79 Å². The van der Waals surface area contributed by atoms with Gasteiger partial charge in [0.2, 0.25) is 0 Å². The number of amides is 1. The van der Waals surface area contributed by atoms with Crippen LogP contribution in [0.25, 0.3) is 0 Å². The van der Waals surface area contributed by atoms with Gasteiger partial charge in [0.1, 0.15) is 11.4 Å². The maximum atomic E-state index is 12.4. The number of benzene rings is 2. The SMILES string of the molecule is CCc1cccc(C)c1Nc1ccc(C(=O)NCc2ccccc2OC)nc1.